The Balaban J connectivity index is 2.97. The predicted octanol–water partition coefficient (Wildman–Crippen LogP) is -0.750. The summed E-state index contributed by atoms with van der Waals surface area (Å²) >= 11 is 0. The van der Waals surface area contributed by atoms with Crippen LogP contribution in [0.1, 0.15) is 20.8 Å². The van der Waals surface area contributed by atoms with Crippen molar-refractivity contribution in [2.75, 3.05) is 6.61 Å². The molecule has 1 aliphatic heterocycles. The zero-order valence-electron chi connectivity index (χ0n) is 11.7. The van der Waals surface area contributed by atoms with Gasteiger partial charge in [-0.1, -0.05) is 13.0 Å². The number of carbonyl (C=O) groups excluding carboxylic acids is 1. The third-order valence-electron chi connectivity index (χ3n) is 3.63. The molecule has 0 saturated heterocycles. The Morgan fingerprint density at radius 2 is 2.11 bits per heavy atom. The highest BCUT2D eigenvalue weighted by Crippen LogP contribution is 2.33. The second-order valence-corrected chi connectivity index (χ2v) is 6.12. The fourth-order valence-corrected chi connectivity index (χ4v) is 2.77. The normalized spacial score (nSPS) is 23.4. The molecule has 1 aliphatic rings. The van der Waals surface area contributed by atoms with E-state index < -0.39 is 36.1 Å². The van der Waals surface area contributed by atoms with E-state index in [0.717, 1.165) is 16.3 Å². The Morgan fingerprint density at radius 3 is 2.58 bits per heavy atom. The van der Waals surface area contributed by atoms with E-state index in [1.54, 1.807) is 0 Å². The molecule has 0 spiro atoms. The number of cyclic esters (lactones) is 1. The number of rotatable bonds is 6. The zero-order valence-corrected chi connectivity index (χ0v) is 13.7. The van der Waals surface area contributed by atoms with E-state index in [1.165, 1.54) is 0 Å². The van der Waals surface area contributed by atoms with Gasteiger partial charge in [-0.25, -0.2) is 4.79 Å². The SMILES string of the molecule is CC(C[SiH3])C(C)(C)OC1=C(O)C(=O)OC1C(O)CO. The van der Waals surface area contributed by atoms with Crippen LogP contribution in [0.2, 0.25) is 6.04 Å². The molecule has 0 radical (unpaired) electrons. The van der Waals surface area contributed by atoms with Gasteiger partial charge in [-0.3, -0.25) is 0 Å². The number of ether oxygens (including phenoxy) is 2. The van der Waals surface area contributed by atoms with Gasteiger partial charge in [0.25, 0.3) is 0 Å². The van der Waals surface area contributed by atoms with Gasteiger partial charge >= 0.3 is 5.97 Å². The quantitative estimate of drug-likeness (QED) is 0.440. The van der Waals surface area contributed by atoms with Gasteiger partial charge in [0.1, 0.15) is 11.7 Å². The molecule has 0 saturated carbocycles. The summed E-state index contributed by atoms with van der Waals surface area (Å²) in [5.41, 5.74) is -0.605. The van der Waals surface area contributed by atoms with Crippen LogP contribution in [-0.4, -0.2) is 55.9 Å². The Kier molecular flexibility index (Phi) is 5.00. The average Bonchev–Trinajstić information content (AvgIpc) is 2.64. The van der Waals surface area contributed by atoms with Gasteiger partial charge in [0, 0.05) is 10.2 Å². The molecule has 0 aliphatic carbocycles. The first-order valence-electron chi connectivity index (χ1n) is 6.36. The molecule has 1 rings (SSSR count). The third kappa shape index (κ3) is 3.29. The van der Waals surface area contributed by atoms with E-state index in [9.17, 15) is 15.0 Å². The van der Waals surface area contributed by atoms with E-state index in [-0.39, 0.29) is 11.7 Å². The van der Waals surface area contributed by atoms with Crippen LogP contribution in [0.4, 0.5) is 0 Å². The van der Waals surface area contributed by atoms with Crippen LogP contribution in [0.5, 0.6) is 0 Å². The molecule has 7 heteroatoms. The number of aliphatic hydroxyl groups is 3. The highest BCUT2D eigenvalue weighted by atomic mass is 28.1. The van der Waals surface area contributed by atoms with Gasteiger partial charge in [0.2, 0.25) is 5.76 Å². The number of hydrogen-bond donors (Lipinski definition) is 3. The van der Waals surface area contributed by atoms with Gasteiger partial charge in [0.15, 0.2) is 11.9 Å². The molecule has 3 unspecified atom stereocenters. The number of hydrogen-bond acceptors (Lipinski definition) is 6. The van der Waals surface area contributed by atoms with Crippen molar-refractivity contribution in [1.82, 2.24) is 0 Å². The van der Waals surface area contributed by atoms with Crippen LogP contribution in [0.15, 0.2) is 11.5 Å². The van der Waals surface area contributed by atoms with Gasteiger partial charge in [-0.05, 0) is 19.8 Å². The smallest absolute Gasteiger partial charge is 0.378 e. The minimum absolute atomic E-state index is 0.0986. The van der Waals surface area contributed by atoms with Crippen LogP contribution < -0.4 is 0 Å². The number of carbonyl (C=O) groups is 1. The summed E-state index contributed by atoms with van der Waals surface area (Å²) in [6.45, 7) is 5.12. The van der Waals surface area contributed by atoms with E-state index in [2.05, 4.69) is 0 Å². The Bertz CT molecular complexity index is 378. The molecule has 19 heavy (non-hydrogen) atoms. The first kappa shape index (κ1) is 16.0. The van der Waals surface area contributed by atoms with Crippen LogP contribution in [0, 0.1) is 5.92 Å². The second kappa shape index (κ2) is 5.94. The standard InChI is InChI=1S/C12H22O6Si/c1-6(5-19)12(2,3)18-10-8(15)11(16)17-9(10)7(14)4-13/h6-7,9,13-15H,4-5H2,1-3,19H3. The first-order valence-corrected chi connectivity index (χ1v) is 7.78. The molecule has 0 amide bonds. The van der Waals surface area contributed by atoms with E-state index in [0.29, 0.717) is 0 Å². The Morgan fingerprint density at radius 1 is 1.53 bits per heavy atom. The lowest BCUT2D eigenvalue weighted by Gasteiger charge is -2.34. The maximum atomic E-state index is 11.3. The molecule has 110 valence electrons. The van der Waals surface area contributed by atoms with E-state index >= 15 is 0 Å². The monoisotopic (exact) mass is 290 g/mol. The van der Waals surface area contributed by atoms with Crippen molar-refractivity contribution in [1.29, 1.82) is 0 Å². The van der Waals surface area contributed by atoms with Crippen LogP contribution >= 0.6 is 0 Å². The molecule has 6 nitrogen and oxygen atoms in total. The molecule has 0 aromatic carbocycles. The average molecular weight is 290 g/mol. The van der Waals surface area contributed by atoms with Gasteiger partial charge in [0.05, 0.1) is 6.61 Å². The lowest BCUT2D eigenvalue weighted by molar-refractivity contribution is -0.149. The fourth-order valence-electron chi connectivity index (χ4n) is 1.79. The fraction of sp³-hybridized carbons (Fsp3) is 0.750. The molecular weight excluding hydrogens is 268 g/mol. The van der Waals surface area contributed by atoms with Crippen molar-refractivity contribution in [3.63, 3.8) is 0 Å². The molecule has 3 N–H and O–H groups in total. The van der Waals surface area contributed by atoms with E-state index in [1.807, 2.05) is 20.8 Å². The second-order valence-electron chi connectivity index (χ2n) is 5.30. The summed E-state index contributed by atoms with van der Waals surface area (Å²) in [4.78, 5) is 11.3. The summed E-state index contributed by atoms with van der Waals surface area (Å²) < 4.78 is 10.5. The Labute approximate surface area is 115 Å². The predicted molar refractivity (Wildman–Crippen MR) is 71.7 cm³/mol. The maximum Gasteiger partial charge on any atom is 0.378 e. The minimum Gasteiger partial charge on any atom is -0.499 e. The lowest BCUT2D eigenvalue weighted by atomic mass is 9.94. The lowest BCUT2D eigenvalue weighted by Crippen LogP contribution is -2.38. The zero-order chi connectivity index (χ0) is 14.8. The van der Waals surface area contributed by atoms with Crippen molar-refractivity contribution in [2.24, 2.45) is 5.92 Å². The summed E-state index contributed by atoms with van der Waals surface area (Å²) in [5.74, 6) is -1.45. The van der Waals surface area contributed by atoms with Crippen molar-refractivity contribution in [2.45, 2.75) is 44.6 Å². The minimum atomic E-state index is -1.31. The highest BCUT2D eigenvalue weighted by Gasteiger charge is 2.43. The van der Waals surface area contributed by atoms with Crippen molar-refractivity contribution < 1.29 is 29.6 Å². The number of esters is 1. The molecule has 1 heterocycles. The summed E-state index contributed by atoms with van der Waals surface area (Å²) in [6.07, 6.45) is -2.47. The number of aliphatic hydroxyl groups excluding tert-OH is 3. The highest BCUT2D eigenvalue weighted by molar-refractivity contribution is 6.08. The maximum absolute atomic E-state index is 11.3. The van der Waals surface area contributed by atoms with Gasteiger partial charge in [-0.15, -0.1) is 0 Å². The van der Waals surface area contributed by atoms with Gasteiger partial charge in [-0.2, -0.15) is 0 Å². The van der Waals surface area contributed by atoms with Crippen molar-refractivity contribution in [3.05, 3.63) is 11.5 Å². The van der Waals surface area contributed by atoms with Crippen LogP contribution in [0.3, 0.4) is 0 Å². The topological polar surface area (TPSA) is 96.2 Å². The summed E-state index contributed by atoms with van der Waals surface area (Å²) in [7, 11) is 1.01. The van der Waals surface area contributed by atoms with Crippen LogP contribution in [0.25, 0.3) is 0 Å². The molecular formula is C12H22O6Si. The van der Waals surface area contributed by atoms with Crippen molar-refractivity contribution in [3.8, 4) is 0 Å². The largest absolute Gasteiger partial charge is 0.499 e. The molecule has 0 aromatic heterocycles. The van der Waals surface area contributed by atoms with Crippen LogP contribution in [-0.2, 0) is 14.3 Å². The molecule has 0 fully saturated rings. The summed E-state index contributed by atoms with van der Waals surface area (Å²) in [5, 5.41) is 28.2. The van der Waals surface area contributed by atoms with Gasteiger partial charge < -0.3 is 24.8 Å². The Hall–Kier alpha value is -1.05. The third-order valence-corrected chi connectivity index (χ3v) is 4.85. The molecule has 0 bridgehead atoms. The molecule has 3 atom stereocenters. The first-order chi connectivity index (χ1) is 8.74. The van der Waals surface area contributed by atoms with E-state index in [4.69, 9.17) is 14.6 Å². The summed E-state index contributed by atoms with van der Waals surface area (Å²) in [6, 6.07) is 0.989. The molecule has 0 aromatic rings. The van der Waals surface area contributed by atoms with Crippen molar-refractivity contribution >= 4 is 16.2 Å².